The van der Waals surface area contributed by atoms with Crippen molar-refractivity contribution in [3.63, 3.8) is 0 Å². The number of likely N-dealkylation sites (N-methyl/N-ethyl adjacent to an activating group) is 1. The number of anilines is 1. The highest BCUT2D eigenvalue weighted by molar-refractivity contribution is 5.51. The summed E-state index contributed by atoms with van der Waals surface area (Å²) in [5, 5.41) is 10.7. The van der Waals surface area contributed by atoms with Crippen molar-refractivity contribution in [1.29, 1.82) is 0 Å². The largest absolute Gasteiger partial charge is 0.355 e. The quantitative estimate of drug-likeness (QED) is 0.631. The summed E-state index contributed by atoms with van der Waals surface area (Å²) in [6.07, 6.45) is 3.72. The lowest BCUT2D eigenvalue weighted by Crippen LogP contribution is -2.40. The zero-order chi connectivity index (χ0) is 13.3. The third kappa shape index (κ3) is 2.43. The van der Waals surface area contributed by atoms with E-state index in [-0.39, 0.29) is 11.7 Å². The fraction of sp³-hybridized carbons (Fsp3) is 0.583. The SMILES string of the molecule is Cc1cc([N+](=O)[O-])cnc1N(C)C(CN)C1CC1. The fourth-order valence-corrected chi connectivity index (χ4v) is 2.33. The van der Waals surface area contributed by atoms with E-state index in [0.717, 1.165) is 11.4 Å². The van der Waals surface area contributed by atoms with Gasteiger partial charge in [-0.2, -0.15) is 0 Å². The molecule has 0 aromatic carbocycles. The normalized spacial score (nSPS) is 16.4. The summed E-state index contributed by atoms with van der Waals surface area (Å²) in [6.45, 7) is 2.42. The number of nitro groups is 1. The standard InChI is InChI=1S/C12H18N4O2/c1-8-5-10(16(17)18)7-14-12(8)15(2)11(6-13)9-3-4-9/h5,7,9,11H,3-4,6,13H2,1-2H3. The summed E-state index contributed by atoms with van der Waals surface area (Å²) in [5.41, 5.74) is 6.64. The van der Waals surface area contributed by atoms with Crippen molar-refractivity contribution >= 4 is 11.5 Å². The van der Waals surface area contributed by atoms with E-state index in [1.807, 2.05) is 14.0 Å². The Hall–Kier alpha value is -1.69. The first-order chi connectivity index (χ1) is 8.54. The second-order valence-electron chi connectivity index (χ2n) is 4.84. The van der Waals surface area contributed by atoms with Gasteiger partial charge in [-0.15, -0.1) is 0 Å². The van der Waals surface area contributed by atoms with E-state index < -0.39 is 4.92 Å². The molecule has 1 unspecified atom stereocenters. The average molecular weight is 250 g/mol. The van der Waals surface area contributed by atoms with E-state index in [9.17, 15) is 10.1 Å². The molecule has 6 nitrogen and oxygen atoms in total. The first-order valence-corrected chi connectivity index (χ1v) is 6.08. The molecule has 98 valence electrons. The van der Waals surface area contributed by atoms with Crippen LogP contribution in [0.2, 0.25) is 0 Å². The lowest BCUT2D eigenvalue weighted by Gasteiger charge is -2.29. The molecule has 1 aliphatic carbocycles. The first kappa shape index (κ1) is 12.8. The van der Waals surface area contributed by atoms with E-state index >= 15 is 0 Å². The van der Waals surface area contributed by atoms with Crippen LogP contribution in [0.5, 0.6) is 0 Å². The Balaban J connectivity index is 2.24. The molecule has 1 atom stereocenters. The van der Waals surface area contributed by atoms with Gasteiger partial charge < -0.3 is 10.6 Å². The van der Waals surface area contributed by atoms with Crippen LogP contribution in [0.15, 0.2) is 12.3 Å². The Morgan fingerprint density at radius 2 is 2.33 bits per heavy atom. The molecule has 1 heterocycles. The van der Waals surface area contributed by atoms with Gasteiger partial charge in [0.2, 0.25) is 0 Å². The van der Waals surface area contributed by atoms with E-state index in [4.69, 9.17) is 5.73 Å². The Labute approximate surface area is 106 Å². The Morgan fingerprint density at radius 1 is 1.67 bits per heavy atom. The number of aryl methyl sites for hydroxylation is 1. The molecule has 1 aliphatic rings. The number of nitrogens with two attached hydrogens (primary N) is 1. The van der Waals surface area contributed by atoms with Crippen molar-refractivity contribution < 1.29 is 4.92 Å². The van der Waals surface area contributed by atoms with Crippen LogP contribution >= 0.6 is 0 Å². The van der Waals surface area contributed by atoms with Crippen LogP contribution < -0.4 is 10.6 Å². The number of rotatable bonds is 5. The van der Waals surface area contributed by atoms with Crippen molar-refractivity contribution in [2.45, 2.75) is 25.8 Å². The average Bonchev–Trinajstić information content (AvgIpc) is 3.14. The van der Waals surface area contributed by atoms with Crippen molar-refractivity contribution in [3.05, 3.63) is 27.9 Å². The number of aromatic nitrogens is 1. The predicted octanol–water partition coefficient (Wildman–Crippen LogP) is 1.47. The Bertz CT molecular complexity index is 459. The minimum absolute atomic E-state index is 0.0281. The van der Waals surface area contributed by atoms with Gasteiger partial charge in [0.05, 0.1) is 4.92 Å². The van der Waals surface area contributed by atoms with Gasteiger partial charge in [-0.3, -0.25) is 10.1 Å². The molecular formula is C12H18N4O2. The topological polar surface area (TPSA) is 85.3 Å². The van der Waals surface area contributed by atoms with Gasteiger partial charge in [0.1, 0.15) is 12.0 Å². The number of hydrogen-bond acceptors (Lipinski definition) is 5. The van der Waals surface area contributed by atoms with Crippen molar-refractivity contribution in [1.82, 2.24) is 4.98 Å². The molecule has 0 radical (unpaired) electrons. The second-order valence-corrected chi connectivity index (χ2v) is 4.84. The second kappa shape index (κ2) is 4.89. The van der Waals surface area contributed by atoms with Crippen LogP contribution in [-0.4, -0.2) is 29.5 Å². The maximum absolute atomic E-state index is 10.7. The molecule has 1 saturated carbocycles. The van der Waals surface area contributed by atoms with Crippen molar-refractivity contribution in [2.75, 3.05) is 18.5 Å². The van der Waals surface area contributed by atoms with E-state index in [0.29, 0.717) is 12.5 Å². The molecule has 1 fully saturated rings. The highest BCUT2D eigenvalue weighted by atomic mass is 16.6. The summed E-state index contributed by atoms with van der Waals surface area (Å²) in [4.78, 5) is 16.5. The van der Waals surface area contributed by atoms with Gasteiger partial charge in [0.15, 0.2) is 0 Å². The molecule has 18 heavy (non-hydrogen) atoms. The molecule has 0 bridgehead atoms. The highest BCUT2D eigenvalue weighted by Gasteiger charge is 2.34. The Kier molecular flexibility index (Phi) is 3.47. The zero-order valence-electron chi connectivity index (χ0n) is 10.7. The minimum atomic E-state index is -0.426. The Morgan fingerprint density at radius 3 is 2.78 bits per heavy atom. The lowest BCUT2D eigenvalue weighted by molar-refractivity contribution is -0.385. The number of pyridine rings is 1. The summed E-state index contributed by atoms with van der Waals surface area (Å²) in [5.74, 6) is 1.42. The lowest BCUT2D eigenvalue weighted by atomic mass is 10.1. The van der Waals surface area contributed by atoms with Crippen LogP contribution in [0.4, 0.5) is 11.5 Å². The summed E-state index contributed by atoms with van der Waals surface area (Å²) in [7, 11) is 1.96. The molecule has 6 heteroatoms. The monoisotopic (exact) mass is 250 g/mol. The maximum Gasteiger partial charge on any atom is 0.287 e. The van der Waals surface area contributed by atoms with Gasteiger partial charge in [-0.25, -0.2) is 4.98 Å². The maximum atomic E-state index is 10.7. The van der Waals surface area contributed by atoms with Gasteiger partial charge >= 0.3 is 0 Å². The number of nitrogens with zero attached hydrogens (tertiary/aromatic N) is 3. The molecule has 0 aliphatic heterocycles. The zero-order valence-corrected chi connectivity index (χ0v) is 10.7. The van der Waals surface area contributed by atoms with Crippen LogP contribution in [0.1, 0.15) is 18.4 Å². The molecule has 0 saturated heterocycles. The summed E-state index contributed by atoms with van der Waals surface area (Å²) < 4.78 is 0. The van der Waals surface area contributed by atoms with Crippen LogP contribution in [0.3, 0.4) is 0 Å². The molecule has 2 rings (SSSR count). The highest BCUT2D eigenvalue weighted by Crippen LogP contribution is 2.36. The molecular weight excluding hydrogens is 232 g/mol. The van der Waals surface area contributed by atoms with Gasteiger partial charge in [-0.05, 0) is 31.2 Å². The summed E-state index contributed by atoms with van der Waals surface area (Å²) >= 11 is 0. The third-order valence-corrected chi connectivity index (χ3v) is 3.49. The molecule has 1 aromatic rings. The van der Waals surface area contributed by atoms with Gasteiger partial charge in [0, 0.05) is 25.7 Å². The van der Waals surface area contributed by atoms with Crippen LogP contribution in [-0.2, 0) is 0 Å². The van der Waals surface area contributed by atoms with E-state index in [1.54, 1.807) is 6.07 Å². The van der Waals surface area contributed by atoms with Crippen LogP contribution in [0, 0.1) is 23.0 Å². The molecule has 0 spiro atoms. The van der Waals surface area contributed by atoms with Crippen LogP contribution in [0.25, 0.3) is 0 Å². The molecule has 2 N–H and O–H groups in total. The van der Waals surface area contributed by atoms with E-state index in [1.165, 1.54) is 19.0 Å². The molecule has 1 aromatic heterocycles. The van der Waals surface area contributed by atoms with Crippen molar-refractivity contribution in [3.8, 4) is 0 Å². The molecule has 0 amide bonds. The van der Waals surface area contributed by atoms with E-state index in [2.05, 4.69) is 9.88 Å². The minimum Gasteiger partial charge on any atom is -0.355 e. The fourth-order valence-electron chi connectivity index (χ4n) is 2.33. The van der Waals surface area contributed by atoms with Gasteiger partial charge in [-0.1, -0.05) is 0 Å². The van der Waals surface area contributed by atoms with Gasteiger partial charge in [0.25, 0.3) is 5.69 Å². The smallest absolute Gasteiger partial charge is 0.287 e. The third-order valence-electron chi connectivity index (χ3n) is 3.49. The first-order valence-electron chi connectivity index (χ1n) is 6.08. The summed E-state index contributed by atoms with van der Waals surface area (Å²) in [6, 6.07) is 1.83. The number of hydrogen-bond donors (Lipinski definition) is 1. The predicted molar refractivity (Wildman–Crippen MR) is 69.6 cm³/mol. The van der Waals surface area contributed by atoms with Crippen molar-refractivity contribution in [2.24, 2.45) is 11.7 Å².